The smallest absolute Gasteiger partial charge is 0.350 e. The summed E-state index contributed by atoms with van der Waals surface area (Å²) < 4.78 is 9.82. The molecule has 8 heteroatoms. The fourth-order valence-corrected chi connectivity index (χ4v) is 2.55. The Morgan fingerprint density at radius 1 is 1.21 bits per heavy atom. The third-order valence-corrected chi connectivity index (χ3v) is 3.70. The minimum absolute atomic E-state index is 0.225. The standard InChI is InChI=1S/C16H14N6O2/c1-24-13-4-2-3-12(9-13)10-22-16(23)21-8-6-18-14(15(21)19-22)20-7-5-17-11-20/h2-9,11H,10H2,1H3. The third kappa shape index (κ3) is 2.34. The second kappa shape index (κ2) is 5.65. The van der Waals surface area contributed by atoms with Crippen molar-refractivity contribution in [2.75, 3.05) is 7.11 Å². The van der Waals surface area contributed by atoms with Crippen LogP contribution < -0.4 is 10.4 Å². The van der Waals surface area contributed by atoms with Gasteiger partial charge in [0.25, 0.3) is 0 Å². The summed E-state index contributed by atoms with van der Waals surface area (Å²) in [5.41, 5.74) is 1.18. The molecule has 0 N–H and O–H groups in total. The molecule has 0 atom stereocenters. The van der Waals surface area contributed by atoms with Crippen molar-refractivity contribution < 1.29 is 4.74 Å². The summed E-state index contributed by atoms with van der Waals surface area (Å²) in [5.74, 6) is 1.29. The highest BCUT2D eigenvalue weighted by molar-refractivity contribution is 5.53. The molecule has 120 valence electrons. The number of nitrogens with zero attached hydrogens (tertiary/aromatic N) is 6. The van der Waals surface area contributed by atoms with E-state index in [-0.39, 0.29) is 5.69 Å². The van der Waals surface area contributed by atoms with Gasteiger partial charge in [0.05, 0.1) is 13.7 Å². The summed E-state index contributed by atoms with van der Waals surface area (Å²) in [6.07, 6.45) is 8.20. The van der Waals surface area contributed by atoms with E-state index in [0.717, 1.165) is 11.3 Å². The van der Waals surface area contributed by atoms with Crippen molar-refractivity contribution in [1.29, 1.82) is 0 Å². The van der Waals surface area contributed by atoms with E-state index in [1.54, 1.807) is 42.8 Å². The Balaban J connectivity index is 1.81. The zero-order valence-electron chi connectivity index (χ0n) is 12.9. The largest absolute Gasteiger partial charge is 0.497 e. The molecule has 4 aromatic rings. The zero-order valence-corrected chi connectivity index (χ0v) is 12.9. The van der Waals surface area contributed by atoms with Gasteiger partial charge in [-0.15, -0.1) is 5.10 Å². The van der Waals surface area contributed by atoms with Gasteiger partial charge in [-0.05, 0) is 17.7 Å². The lowest BCUT2D eigenvalue weighted by Gasteiger charge is -2.03. The summed E-state index contributed by atoms with van der Waals surface area (Å²) in [5, 5.41) is 4.43. The lowest BCUT2D eigenvalue weighted by Crippen LogP contribution is -2.21. The minimum atomic E-state index is -0.225. The molecule has 0 saturated heterocycles. The highest BCUT2D eigenvalue weighted by Crippen LogP contribution is 2.14. The first-order chi connectivity index (χ1) is 11.8. The van der Waals surface area contributed by atoms with E-state index in [0.29, 0.717) is 18.0 Å². The summed E-state index contributed by atoms with van der Waals surface area (Å²) >= 11 is 0. The van der Waals surface area contributed by atoms with Crippen LogP contribution in [-0.2, 0) is 6.54 Å². The third-order valence-electron chi connectivity index (χ3n) is 3.70. The van der Waals surface area contributed by atoms with Gasteiger partial charge in [0, 0.05) is 24.8 Å². The van der Waals surface area contributed by atoms with Crippen molar-refractivity contribution in [3.05, 3.63) is 71.4 Å². The van der Waals surface area contributed by atoms with Gasteiger partial charge < -0.3 is 4.74 Å². The monoisotopic (exact) mass is 322 g/mol. The fraction of sp³-hybridized carbons (Fsp3) is 0.125. The SMILES string of the molecule is COc1cccc(Cn2nc3c(-n4ccnc4)nccn3c2=O)c1. The summed E-state index contributed by atoms with van der Waals surface area (Å²) in [6.45, 7) is 0.348. The molecule has 3 heterocycles. The first kappa shape index (κ1) is 14.2. The van der Waals surface area contributed by atoms with E-state index in [1.807, 2.05) is 24.3 Å². The predicted molar refractivity (Wildman–Crippen MR) is 86.5 cm³/mol. The molecule has 0 aliphatic heterocycles. The first-order valence-corrected chi connectivity index (χ1v) is 7.32. The number of imidazole rings is 1. The Bertz CT molecular complexity index is 1050. The van der Waals surface area contributed by atoms with E-state index < -0.39 is 0 Å². The lowest BCUT2D eigenvalue weighted by atomic mass is 10.2. The predicted octanol–water partition coefficient (Wildman–Crippen LogP) is 1.13. The van der Waals surface area contributed by atoms with Crippen LogP contribution in [0.15, 0.2) is 60.2 Å². The van der Waals surface area contributed by atoms with Crippen molar-refractivity contribution in [2.24, 2.45) is 0 Å². The summed E-state index contributed by atoms with van der Waals surface area (Å²) in [6, 6.07) is 7.55. The van der Waals surface area contributed by atoms with E-state index in [2.05, 4.69) is 15.1 Å². The Morgan fingerprint density at radius 3 is 2.92 bits per heavy atom. The van der Waals surface area contributed by atoms with E-state index in [9.17, 15) is 4.79 Å². The molecular formula is C16H14N6O2. The molecule has 0 aliphatic rings. The van der Waals surface area contributed by atoms with Crippen molar-refractivity contribution in [3.8, 4) is 11.6 Å². The highest BCUT2D eigenvalue weighted by atomic mass is 16.5. The van der Waals surface area contributed by atoms with Gasteiger partial charge in [-0.25, -0.2) is 23.8 Å². The zero-order chi connectivity index (χ0) is 16.5. The fourth-order valence-electron chi connectivity index (χ4n) is 2.55. The van der Waals surface area contributed by atoms with Gasteiger partial charge in [-0.1, -0.05) is 12.1 Å². The van der Waals surface area contributed by atoms with Gasteiger partial charge in [-0.2, -0.15) is 0 Å². The van der Waals surface area contributed by atoms with Crippen molar-refractivity contribution in [3.63, 3.8) is 0 Å². The van der Waals surface area contributed by atoms with Gasteiger partial charge in [0.15, 0.2) is 5.82 Å². The molecule has 4 rings (SSSR count). The summed E-state index contributed by atoms with van der Waals surface area (Å²) in [4.78, 5) is 20.9. The minimum Gasteiger partial charge on any atom is -0.497 e. The van der Waals surface area contributed by atoms with Crippen LogP contribution in [0.5, 0.6) is 5.75 Å². The van der Waals surface area contributed by atoms with Crippen LogP contribution in [-0.4, -0.2) is 35.8 Å². The first-order valence-electron chi connectivity index (χ1n) is 7.32. The average Bonchev–Trinajstić information content (AvgIpc) is 3.24. The van der Waals surface area contributed by atoms with E-state index in [1.165, 1.54) is 9.08 Å². The van der Waals surface area contributed by atoms with Crippen LogP contribution in [0.1, 0.15) is 5.56 Å². The maximum atomic E-state index is 12.6. The second-order valence-corrected chi connectivity index (χ2v) is 5.21. The van der Waals surface area contributed by atoms with Crippen molar-refractivity contribution >= 4 is 5.65 Å². The maximum Gasteiger partial charge on any atom is 0.350 e. The van der Waals surface area contributed by atoms with Gasteiger partial charge in [-0.3, -0.25) is 4.57 Å². The normalized spacial score (nSPS) is 11.0. The molecule has 0 bridgehead atoms. The lowest BCUT2D eigenvalue weighted by molar-refractivity contribution is 0.414. The molecule has 0 radical (unpaired) electrons. The van der Waals surface area contributed by atoms with Crippen LogP contribution >= 0.6 is 0 Å². The number of rotatable bonds is 4. The molecule has 0 aliphatic carbocycles. The van der Waals surface area contributed by atoms with Gasteiger partial charge in [0.1, 0.15) is 12.1 Å². The summed E-state index contributed by atoms with van der Waals surface area (Å²) in [7, 11) is 1.61. The molecule has 0 saturated carbocycles. The van der Waals surface area contributed by atoms with E-state index in [4.69, 9.17) is 4.74 Å². The molecule has 8 nitrogen and oxygen atoms in total. The molecule has 0 fully saturated rings. The maximum absolute atomic E-state index is 12.6. The topological polar surface area (TPSA) is 79.2 Å². The number of hydrogen-bond donors (Lipinski definition) is 0. The second-order valence-electron chi connectivity index (χ2n) is 5.21. The van der Waals surface area contributed by atoms with Crippen LogP contribution in [0.25, 0.3) is 11.5 Å². The Morgan fingerprint density at radius 2 is 2.12 bits per heavy atom. The van der Waals surface area contributed by atoms with Crippen molar-refractivity contribution in [1.82, 2.24) is 28.7 Å². The average molecular weight is 322 g/mol. The molecule has 1 aromatic carbocycles. The molecule has 3 aromatic heterocycles. The number of ether oxygens (including phenoxy) is 1. The molecule has 0 spiro atoms. The van der Waals surface area contributed by atoms with Crippen molar-refractivity contribution in [2.45, 2.75) is 6.54 Å². The Hall–Kier alpha value is -3.42. The van der Waals surface area contributed by atoms with Crippen LogP contribution in [0.4, 0.5) is 0 Å². The Kier molecular flexibility index (Phi) is 3.34. The van der Waals surface area contributed by atoms with Crippen LogP contribution in [0.3, 0.4) is 0 Å². The molecule has 24 heavy (non-hydrogen) atoms. The number of fused-ring (bicyclic) bond motifs is 1. The number of methoxy groups -OCH3 is 1. The van der Waals surface area contributed by atoms with Gasteiger partial charge in [0.2, 0.25) is 5.65 Å². The molecule has 0 unspecified atom stereocenters. The number of hydrogen-bond acceptors (Lipinski definition) is 5. The molecular weight excluding hydrogens is 308 g/mol. The number of aromatic nitrogens is 6. The quantitative estimate of drug-likeness (QED) is 0.563. The highest BCUT2D eigenvalue weighted by Gasteiger charge is 2.13. The van der Waals surface area contributed by atoms with Crippen LogP contribution in [0.2, 0.25) is 0 Å². The Labute approximate surface area is 136 Å². The van der Waals surface area contributed by atoms with Gasteiger partial charge >= 0.3 is 5.69 Å². The van der Waals surface area contributed by atoms with E-state index >= 15 is 0 Å². The number of benzene rings is 1. The molecule has 0 amide bonds. The van der Waals surface area contributed by atoms with Crippen LogP contribution in [0, 0.1) is 0 Å².